The van der Waals surface area contributed by atoms with E-state index in [4.69, 9.17) is 27.6 Å². The van der Waals surface area contributed by atoms with Crippen molar-refractivity contribution in [3.8, 4) is 11.3 Å². The van der Waals surface area contributed by atoms with Crippen molar-refractivity contribution in [2.75, 3.05) is 6.54 Å². The van der Waals surface area contributed by atoms with Gasteiger partial charge in [-0.2, -0.15) is 0 Å². The highest BCUT2D eigenvalue weighted by atomic mass is 35.5. The van der Waals surface area contributed by atoms with Gasteiger partial charge in [-0.15, -0.1) is 0 Å². The van der Waals surface area contributed by atoms with E-state index in [0.29, 0.717) is 49.4 Å². The lowest BCUT2D eigenvalue weighted by Gasteiger charge is -2.12. The minimum atomic E-state index is -1.04. The fourth-order valence-corrected chi connectivity index (χ4v) is 4.51. The second-order valence-electron chi connectivity index (χ2n) is 6.74. The van der Waals surface area contributed by atoms with Gasteiger partial charge in [-0.1, -0.05) is 29.3 Å². The van der Waals surface area contributed by atoms with Crippen LogP contribution in [0.5, 0.6) is 0 Å². The van der Waals surface area contributed by atoms with Crippen LogP contribution in [0.3, 0.4) is 0 Å². The average molecular weight is 487 g/mol. The minimum Gasteiger partial charge on any atom is -0.478 e. The van der Waals surface area contributed by atoms with Crippen LogP contribution in [0.2, 0.25) is 10.0 Å². The lowest BCUT2D eigenvalue weighted by atomic mass is 10.2. The van der Waals surface area contributed by atoms with Crippen LogP contribution in [-0.2, 0) is 4.79 Å². The number of benzene rings is 2. The van der Waals surface area contributed by atoms with E-state index >= 15 is 0 Å². The summed E-state index contributed by atoms with van der Waals surface area (Å²) in [6, 6.07) is 14.9. The van der Waals surface area contributed by atoms with E-state index in [1.54, 1.807) is 48.5 Å². The number of thioether (sulfide) groups is 1. The molecular weight excluding hydrogens is 471 g/mol. The van der Waals surface area contributed by atoms with Crippen molar-refractivity contribution in [1.29, 1.82) is 0 Å². The Bertz CT molecular complexity index is 1280. The summed E-state index contributed by atoms with van der Waals surface area (Å²) in [5.41, 5.74) is 1.24. The number of carboxylic acids is 1. The first-order chi connectivity index (χ1) is 15.4. The zero-order valence-corrected chi connectivity index (χ0v) is 19.0. The summed E-state index contributed by atoms with van der Waals surface area (Å²) < 4.78 is 5.87. The predicted octanol–water partition coefficient (Wildman–Crippen LogP) is 6.58. The van der Waals surface area contributed by atoms with Crippen LogP contribution >= 0.6 is 35.0 Å². The number of carbonyl (C=O) groups excluding carboxylic acids is 1. The van der Waals surface area contributed by atoms with Gasteiger partial charge in [-0.25, -0.2) is 9.79 Å². The molecule has 3 aromatic rings. The zero-order chi connectivity index (χ0) is 22.8. The number of amidine groups is 1. The lowest BCUT2D eigenvalue weighted by Crippen LogP contribution is -2.28. The van der Waals surface area contributed by atoms with Gasteiger partial charge in [0.15, 0.2) is 5.17 Å². The Labute approximate surface area is 198 Å². The van der Waals surface area contributed by atoms with Crippen molar-refractivity contribution in [3.63, 3.8) is 0 Å². The number of aliphatic imine (C=N–C) groups is 1. The number of aromatic carboxylic acids is 1. The minimum absolute atomic E-state index is 0.128. The number of likely N-dealkylation sites (N-methyl/N-ethyl adjacent to an activating group) is 1. The summed E-state index contributed by atoms with van der Waals surface area (Å²) in [7, 11) is 0. The molecule has 1 amide bonds. The molecule has 0 radical (unpaired) electrons. The molecule has 9 heteroatoms. The predicted molar refractivity (Wildman–Crippen MR) is 128 cm³/mol. The Balaban J connectivity index is 1.63. The maximum Gasteiger partial charge on any atom is 0.335 e. The molecule has 0 aliphatic carbocycles. The molecule has 2 heterocycles. The Morgan fingerprint density at radius 1 is 1.19 bits per heavy atom. The van der Waals surface area contributed by atoms with Crippen LogP contribution in [0.1, 0.15) is 23.0 Å². The normalized spacial score (nSPS) is 16.3. The SMILES string of the molecule is CCN1C(=O)/C(=C/c2ccc(-c3cc(Cl)ccc3Cl)o2)SC1=Nc1cccc(C(=O)O)c1. The number of nitrogens with zero attached hydrogens (tertiary/aromatic N) is 2. The van der Waals surface area contributed by atoms with E-state index in [1.807, 2.05) is 6.92 Å². The van der Waals surface area contributed by atoms with Crippen LogP contribution in [0.4, 0.5) is 5.69 Å². The van der Waals surface area contributed by atoms with Gasteiger partial charge < -0.3 is 9.52 Å². The highest BCUT2D eigenvalue weighted by Gasteiger charge is 2.32. The Morgan fingerprint density at radius 2 is 2.00 bits per heavy atom. The molecule has 6 nitrogen and oxygen atoms in total. The largest absolute Gasteiger partial charge is 0.478 e. The third-order valence-corrected chi connectivity index (χ3v) is 6.19. The molecular formula is C23H16Cl2N2O4S. The molecule has 0 saturated carbocycles. The van der Waals surface area contributed by atoms with Crippen molar-refractivity contribution in [2.45, 2.75) is 6.92 Å². The number of hydrogen-bond donors (Lipinski definition) is 1. The molecule has 1 aliphatic heterocycles. The van der Waals surface area contributed by atoms with Gasteiger partial charge >= 0.3 is 5.97 Å². The van der Waals surface area contributed by atoms with E-state index in [1.165, 1.54) is 28.8 Å². The van der Waals surface area contributed by atoms with Gasteiger partial charge in [0.1, 0.15) is 11.5 Å². The molecule has 0 atom stereocenters. The second-order valence-corrected chi connectivity index (χ2v) is 8.59. The smallest absolute Gasteiger partial charge is 0.335 e. The topological polar surface area (TPSA) is 83.1 Å². The Morgan fingerprint density at radius 3 is 2.75 bits per heavy atom. The molecule has 1 fully saturated rings. The first kappa shape index (κ1) is 22.2. The van der Waals surface area contributed by atoms with E-state index in [2.05, 4.69) is 4.99 Å². The quantitative estimate of drug-likeness (QED) is 0.412. The molecule has 1 aromatic heterocycles. The maximum absolute atomic E-state index is 12.9. The summed E-state index contributed by atoms with van der Waals surface area (Å²) in [6.45, 7) is 2.26. The Hall–Kier alpha value is -3.00. The van der Waals surface area contributed by atoms with Gasteiger partial charge in [0.05, 0.1) is 21.2 Å². The summed E-state index contributed by atoms with van der Waals surface area (Å²) in [5.74, 6) is -0.225. The molecule has 0 bridgehead atoms. The number of furan rings is 1. The van der Waals surface area contributed by atoms with Gasteiger partial charge in [0.2, 0.25) is 0 Å². The van der Waals surface area contributed by atoms with Crippen LogP contribution in [0.25, 0.3) is 17.4 Å². The molecule has 0 spiro atoms. The molecule has 162 valence electrons. The lowest BCUT2D eigenvalue weighted by molar-refractivity contribution is -0.122. The fourth-order valence-electron chi connectivity index (χ4n) is 3.08. The van der Waals surface area contributed by atoms with Crippen molar-refractivity contribution >= 4 is 63.8 Å². The maximum atomic E-state index is 12.9. The molecule has 1 N–H and O–H groups in total. The van der Waals surface area contributed by atoms with E-state index < -0.39 is 5.97 Å². The average Bonchev–Trinajstić information content (AvgIpc) is 3.34. The third kappa shape index (κ3) is 4.60. The summed E-state index contributed by atoms with van der Waals surface area (Å²) >= 11 is 13.5. The van der Waals surface area contributed by atoms with E-state index in [0.717, 1.165) is 0 Å². The van der Waals surface area contributed by atoms with Crippen LogP contribution in [0, 0.1) is 0 Å². The first-order valence-electron chi connectivity index (χ1n) is 9.54. The second kappa shape index (κ2) is 9.24. The van der Waals surface area contributed by atoms with Crippen molar-refractivity contribution in [3.05, 3.63) is 80.9 Å². The van der Waals surface area contributed by atoms with Crippen molar-refractivity contribution < 1.29 is 19.1 Å². The highest BCUT2D eigenvalue weighted by molar-refractivity contribution is 8.18. The van der Waals surface area contributed by atoms with Gasteiger partial charge in [-0.05, 0) is 67.2 Å². The van der Waals surface area contributed by atoms with Gasteiger partial charge in [0.25, 0.3) is 5.91 Å². The van der Waals surface area contributed by atoms with Crippen molar-refractivity contribution in [2.24, 2.45) is 4.99 Å². The summed E-state index contributed by atoms with van der Waals surface area (Å²) in [4.78, 5) is 30.5. The molecule has 32 heavy (non-hydrogen) atoms. The monoisotopic (exact) mass is 486 g/mol. The molecule has 0 unspecified atom stereocenters. The number of halogens is 2. The van der Waals surface area contributed by atoms with E-state index in [9.17, 15) is 14.7 Å². The summed E-state index contributed by atoms with van der Waals surface area (Å²) in [5, 5.41) is 10.7. The standard InChI is InChI=1S/C23H16Cl2N2O4S/c1-2-27-21(28)20(32-23(27)26-15-5-3-4-13(10-15)22(29)30)12-16-7-9-19(31-16)17-11-14(24)6-8-18(17)25/h3-12H,2H2,1H3,(H,29,30)/b20-12-,26-23?. The van der Waals surface area contributed by atoms with Crippen LogP contribution in [-0.4, -0.2) is 33.6 Å². The zero-order valence-electron chi connectivity index (χ0n) is 16.7. The van der Waals surface area contributed by atoms with Crippen LogP contribution < -0.4 is 0 Å². The third-order valence-electron chi connectivity index (χ3n) is 4.62. The summed E-state index contributed by atoms with van der Waals surface area (Å²) in [6.07, 6.45) is 1.65. The van der Waals surface area contributed by atoms with Gasteiger partial charge in [-0.3, -0.25) is 9.69 Å². The van der Waals surface area contributed by atoms with E-state index in [-0.39, 0.29) is 11.5 Å². The van der Waals surface area contributed by atoms with Crippen LogP contribution in [0.15, 0.2) is 68.9 Å². The number of amides is 1. The van der Waals surface area contributed by atoms with Crippen molar-refractivity contribution in [1.82, 2.24) is 4.90 Å². The molecule has 2 aromatic carbocycles. The fraction of sp³-hybridized carbons (Fsp3) is 0.0870. The molecule has 4 rings (SSSR count). The first-order valence-corrected chi connectivity index (χ1v) is 11.1. The highest BCUT2D eigenvalue weighted by Crippen LogP contribution is 2.36. The molecule has 1 saturated heterocycles. The number of hydrogen-bond acceptors (Lipinski definition) is 5. The van der Waals surface area contributed by atoms with Gasteiger partial charge in [0, 0.05) is 23.2 Å². The Kier molecular flexibility index (Phi) is 6.41. The molecule has 1 aliphatic rings. The number of carboxylic acid groups (broad SMARTS) is 1. The number of rotatable bonds is 5. The number of carbonyl (C=O) groups is 2.